The molecule has 0 saturated carbocycles. The number of nitrogens with one attached hydrogen (secondary N) is 2. The number of fused-ring (bicyclic) bond motifs is 1. The second kappa shape index (κ2) is 5.57. The molecule has 0 unspecified atom stereocenters. The molecule has 0 bridgehead atoms. The molecule has 1 aromatic heterocycles. The van der Waals surface area contributed by atoms with Crippen molar-refractivity contribution in [3.63, 3.8) is 0 Å². The monoisotopic (exact) mass is 399 g/mol. The number of aromatic amines is 1. The predicted molar refractivity (Wildman–Crippen MR) is 83.2 cm³/mol. The van der Waals surface area contributed by atoms with Crippen LogP contribution in [0, 0.1) is 0 Å². The number of hydrogen-bond donors (Lipinski definition) is 2. The smallest absolute Gasteiger partial charge is 0.267 e. The van der Waals surface area contributed by atoms with E-state index in [4.69, 9.17) is 4.74 Å². The van der Waals surface area contributed by atoms with Crippen LogP contribution in [0.1, 0.15) is 11.1 Å². The zero-order valence-electron chi connectivity index (χ0n) is 10.4. The molecule has 0 radical (unpaired) electrons. The van der Waals surface area contributed by atoms with Gasteiger partial charge in [0, 0.05) is 23.0 Å². The summed E-state index contributed by atoms with van der Waals surface area (Å²) in [5.41, 5.74) is 2.04. The number of hydrogen-bond acceptors (Lipinski definition) is 4. The standard InChI is InChI=1S/C13H11Br2N3O2/c14-9-3-7-1-2-20-11(7)8(4-9)5-16-12-10(15)13(19)18-6-17-12/h3-4,6H,1-2,5H2,(H2,16,17,18,19). The van der Waals surface area contributed by atoms with Gasteiger partial charge in [0.05, 0.1) is 12.9 Å². The minimum absolute atomic E-state index is 0.210. The quantitative estimate of drug-likeness (QED) is 0.831. The molecule has 2 N–H and O–H groups in total. The first-order chi connectivity index (χ1) is 9.65. The molecule has 104 valence electrons. The summed E-state index contributed by atoms with van der Waals surface area (Å²) in [6, 6.07) is 4.09. The van der Waals surface area contributed by atoms with E-state index >= 15 is 0 Å². The molecule has 0 amide bonds. The van der Waals surface area contributed by atoms with E-state index in [1.807, 2.05) is 6.07 Å². The van der Waals surface area contributed by atoms with Crippen LogP contribution in [0.25, 0.3) is 0 Å². The molecule has 0 aliphatic carbocycles. The highest BCUT2D eigenvalue weighted by Crippen LogP contribution is 2.33. The second-order valence-electron chi connectivity index (χ2n) is 4.40. The number of anilines is 1. The van der Waals surface area contributed by atoms with Crippen LogP contribution in [0.15, 0.2) is 32.2 Å². The number of ether oxygens (including phenoxy) is 1. The molecule has 0 fully saturated rings. The van der Waals surface area contributed by atoms with Crippen molar-refractivity contribution in [3.8, 4) is 5.75 Å². The van der Waals surface area contributed by atoms with Crippen molar-refractivity contribution in [2.75, 3.05) is 11.9 Å². The van der Waals surface area contributed by atoms with Gasteiger partial charge in [-0.2, -0.15) is 0 Å². The number of nitrogens with zero attached hydrogens (tertiary/aromatic N) is 1. The number of H-pyrrole nitrogens is 1. The summed E-state index contributed by atoms with van der Waals surface area (Å²) < 4.78 is 7.09. The Labute approximate surface area is 132 Å². The van der Waals surface area contributed by atoms with E-state index < -0.39 is 0 Å². The fraction of sp³-hybridized carbons (Fsp3) is 0.231. The molecule has 2 heterocycles. The molecule has 5 nitrogen and oxygen atoms in total. The second-order valence-corrected chi connectivity index (χ2v) is 6.11. The van der Waals surface area contributed by atoms with Crippen molar-refractivity contribution in [1.29, 1.82) is 0 Å². The Balaban J connectivity index is 1.86. The van der Waals surface area contributed by atoms with Gasteiger partial charge < -0.3 is 15.0 Å². The third kappa shape index (κ3) is 2.60. The predicted octanol–water partition coefficient (Wildman–Crippen LogP) is 2.84. The molecule has 1 aromatic carbocycles. The zero-order valence-corrected chi connectivity index (χ0v) is 13.5. The van der Waals surface area contributed by atoms with Crippen molar-refractivity contribution in [3.05, 3.63) is 48.9 Å². The van der Waals surface area contributed by atoms with Gasteiger partial charge in [0.2, 0.25) is 0 Å². The minimum atomic E-state index is -0.210. The highest BCUT2D eigenvalue weighted by Gasteiger charge is 2.17. The van der Waals surface area contributed by atoms with Crippen molar-refractivity contribution in [2.45, 2.75) is 13.0 Å². The number of halogens is 2. The Kier molecular flexibility index (Phi) is 3.80. The maximum absolute atomic E-state index is 11.5. The fourth-order valence-electron chi connectivity index (χ4n) is 2.16. The summed E-state index contributed by atoms with van der Waals surface area (Å²) in [6.07, 6.45) is 2.30. The van der Waals surface area contributed by atoms with Crippen LogP contribution in [0.2, 0.25) is 0 Å². The molecule has 1 aliphatic rings. The van der Waals surface area contributed by atoms with Gasteiger partial charge in [-0.3, -0.25) is 4.79 Å². The average Bonchev–Trinajstić information content (AvgIpc) is 2.88. The van der Waals surface area contributed by atoms with E-state index in [0.29, 0.717) is 23.4 Å². The summed E-state index contributed by atoms with van der Waals surface area (Å²) >= 11 is 6.73. The minimum Gasteiger partial charge on any atom is -0.493 e. The molecular formula is C13H11Br2N3O2. The fourth-order valence-corrected chi connectivity index (χ4v) is 3.07. The molecule has 0 saturated heterocycles. The third-order valence-electron chi connectivity index (χ3n) is 3.07. The van der Waals surface area contributed by atoms with Gasteiger partial charge in [-0.05, 0) is 33.6 Å². The lowest BCUT2D eigenvalue weighted by molar-refractivity contribution is 0.354. The van der Waals surface area contributed by atoms with Crippen LogP contribution in [0.4, 0.5) is 5.82 Å². The van der Waals surface area contributed by atoms with E-state index in [-0.39, 0.29) is 5.56 Å². The maximum Gasteiger partial charge on any atom is 0.267 e. The summed E-state index contributed by atoms with van der Waals surface area (Å²) in [6.45, 7) is 1.25. The highest BCUT2D eigenvalue weighted by atomic mass is 79.9. The van der Waals surface area contributed by atoms with Gasteiger partial charge >= 0.3 is 0 Å². The number of aromatic nitrogens is 2. The van der Waals surface area contributed by atoms with Crippen LogP contribution in [-0.4, -0.2) is 16.6 Å². The van der Waals surface area contributed by atoms with Crippen molar-refractivity contribution < 1.29 is 4.74 Å². The van der Waals surface area contributed by atoms with E-state index in [0.717, 1.165) is 22.2 Å². The topological polar surface area (TPSA) is 67.0 Å². The summed E-state index contributed by atoms with van der Waals surface area (Å²) in [7, 11) is 0. The lowest BCUT2D eigenvalue weighted by Crippen LogP contribution is -2.12. The largest absolute Gasteiger partial charge is 0.493 e. The van der Waals surface area contributed by atoms with Crippen molar-refractivity contribution >= 4 is 37.7 Å². The summed E-state index contributed by atoms with van der Waals surface area (Å²) in [5.74, 6) is 1.45. The van der Waals surface area contributed by atoms with E-state index in [1.54, 1.807) is 0 Å². The van der Waals surface area contributed by atoms with Gasteiger partial charge in [-0.15, -0.1) is 0 Å². The number of benzene rings is 1. The average molecular weight is 401 g/mol. The Morgan fingerprint density at radius 2 is 2.25 bits per heavy atom. The van der Waals surface area contributed by atoms with Crippen LogP contribution < -0.4 is 15.6 Å². The van der Waals surface area contributed by atoms with Gasteiger partial charge in [-0.25, -0.2) is 4.98 Å². The normalized spacial score (nSPS) is 12.9. The van der Waals surface area contributed by atoms with Gasteiger partial charge in [0.25, 0.3) is 5.56 Å². The molecule has 0 atom stereocenters. The van der Waals surface area contributed by atoms with Gasteiger partial charge in [0.1, 0.15) is 16.0 Å². The first kappa shape index (κ1) is 13.6. The Morgan fingerprint density at radius 1 is 1.40 bits per heavy atom. The van der Waals surface area contributed by atoms with Crippen LogP contribution in [0.5, 0.6) is 5.75 Å². The number of rotatable bonds is 3. The molecule has 1 aliphatic heterocycles. The maximum atomic E-state index is 11.5. The first-order valence-electron chi connectivity index (χ1n) is 6.06. The molecule has 0 spiro atoms. The highest BCUT2D eigenvalue weighted by molar-refractivity contribution is 9.10. The molecule has 3 rings (SSSR count). The Hall–Kier alpha value is -1.34. The molecular weight excluding hydrogens is 390 g/mol. The third-order valence-corrected chi connectivity index (χ3v) is 4.26. The molecule has 7 heteroatoms. The van der Waals surface area contributed by atoms with E-state index in [2.05, 4.69) is 53.2 Å². The lowest BCUT2D eigenvalue weighted by Gasteiger charge is -2.11. The van der Waals surface area contributed by atoms with Crippen molar-refractivity contribution in [2.24, 2.45) is 0 Å². The van der Waals surface area contributed by atoms with E-state index in [9.17, 15) is 4.79 Å². The van der Waals surface area contributed by atoms with Gasteiger partial charge in [0.15, 0.2) is 0 Å². The SMILES string of the molecule is O=c1[nH]cnc(NCc2cc(Br)cc3c2OCC3)c1Br. The lowest BCUT2D eigenvalue weighted by atomic mass is 10.1. The molecule has 2 aromatic rings. The Morgan fingerprint density at radius 3 is 3.10 bits per heavy atom. The Bertz CT molecular complexity index is 715. The van der Waals surface area contributed by atoms with E-state index in [1.165, 1.54) is 11.9 Å². The zero-order chi connectivity index (χ0) is 14.1. The van der Waals surface area contributed by atoms with Crippen LogP contribution in [-0.2, 0) is 13.0 Å². The van der Waals surface area contributed by atoms with Crippen LogP contribution >= 0.6 is 31.9 Å². The van der Waals surface area contributed by atoms with Crippen molar-refractivity contribution in [1.82, 2.24) is 9.97 Å². The first-order valence-corrected chi connectivity index (χ1v) is 7.65. The van der Waals surface area contributed by atoms with Gasteiger partial charge in [-0.1, -0.05) is 15.9 Å². The molecule has 20 heavy (non-hydrogen) atoms. The van der Waals surface area contributed by atoms with Crippen LogP contribution in [0.3, 0.4) is 0 Å². The summed E-state index contributed by atoms with van der Waals surface area (Å²) in [4.78, 5) is 18.1. The summed E-state index contributed by atoms with van der Waals surface area (Å²) in [5, 5.41) is 3.15.